The summed E-state index contributed by atoms with van der Waals surface area (Å²) in [6.45, 7) is 0.374. The fourth-order valence-corrected chi connectivity index (χ4v) is 4.91. The Balaban J connectivity index is 1.29. The number of methoxy groups -OCH3 is 1. The van der Waals surface area contributed by atoms with Gasteiger partial charge in [-0.05, 0) is 43.8 Å². The highest BCUT2D eigenvalue weighted by Gasteiger charge is 2.42. The number of hydrogen-bond donors (Lipinski definition) is 2. The van der Waals surface area contributed by atoms with Crippen LogP contribution < -0.4 is 10.6 Å². The summed E-state index contributed by atoms with van der Waals surface area (Å²) in [5.41, 5.74) is 2.06. The molecule has 3 atom stereocenters. The van der Waals surface area contributed by atoms with E-state index in [0.717, 1.165) is 30.6 Å². The number of ether oxygens (including phenoxy) is 2. The fraction of sp³-hybridized carbons (Fsp3) is 0.600. The van der Waals surface area contributed by atoms with Crippen molar-refractivity contribution in [1.82, 2.24) is 40.4 Å². The number of nitrogens with zero attached hydrogens (tertiary/aromatic N) is 6. The van der Waals surface area contributed by atoms with Gasteiger partial charge in [0, 0.05) is 18.6 Å². The molecule has 3 aliphatic rings. The molecule has 2 aliphatic carbocycles. The number of halogens is 2. The molecule has 2 saturated carbocycles. The van der Waals surface area contributed by atoms with Crippen LogP contribution in [0.15, 0.2) is 23.1 Å². The van der Waals surface area contributed by atoms with Gasteiger partial charge in [0.2, 0.25) is 0 Å². The first-order chi connectivity index (χ1) is 19.2. The summed E-state index contributed by atoms with van der Waals surface area (Å²) in [6.07, 6.45) is 6.62. The number of hydrogen-bond acceptors (Lipinski definition) is 9. The largest absolute Gasteiger partial charge is 0.382 e. The molecule has 1 aliphatic heterocycles. The van der Waals surface area contributed by atoms with E-state index in [1.54, 1.807) is 12.3 Å². The summed E-state index contributed by atoms with van der Waals surface area (Å²) >= 11 is 0. The maximum atomic E-state index is 14.1. The van der Waals surface area contributed by atoms with E-state index in [1.165, 1.54) is 17.8 Å². The zero-order valence-electron chi connectivity index (χ0n) is 22.0. The average Bonchev–Trinajstić information content (AvgIpc) is 3.85. The molecule has 2 N–H and O–H groups in total. The zero-order valence-corrected chi connectivity index (χ0v) is 22.0. The van der Waals surface area contributed by atoms with Gasteiger partial charge in [0.05, 0.1) is 62.1 Å². The Kier molecular flexibility index (Phi) is 6.86. The summed E-state index contributed by atoms with van der Waals surface area (Å²) in [4.78, 5) is 31.5. The van der Waals surface area contributed by atoms with E-state index < -0.39 is 49.1 Å². The van der Waals surface area contributed by atoms with E-state index in [1.807, 2.05) is 6.92 Å². The second-order valence-corrected chi connectivity index (χ2v) is 10.6. The predicted molar refractivity (Wildman–Crippen MR) is 133 cm³/mol. The van der Waals surface area contributed by atoms with Gasteiger partial charge in [-0.25, -0.2) is 27.7 Å². The molecule has 1 saturated heterocycles. The van der Waals surface area contributed by atoms with E-state index in [2.05, 4.69) is 26.0 Å². The Morgan fingerprint density at radius 3 is 2.83 bits per heavy atom. The fourth-order valence-electron chi connectivity index (χ4n) is 4.91. The maximum absolute atomic E-state index is 14.1. The molecule has 3 amide bonds. The van der Waals surface area contributed by atoms with Crippen molar-refractivity contribution in [2.24, 2.45) is 0 Å². The van der Waals surface area contributed by atoms with E-state index >= 15 is 0 Å². The molecule has 4 heterocycles. The first-order valence-corrected chi connectivity index (χ1v) is 13.3. The Morgan fingerprint density at radius 1 is 1.30 bits per heavy atom. The molecule has 0 unspecified atom stereocenters. The summed E-state index contributed by atoms with van der Waals surface area (Å²) in [5.74, 6) is -3.35. The van der Waals surface area contributed by atoms with E-state index in [4.69, 9.17) is 19.1 Å². The number of aromatic nitrogens is 5. The minimum Gasteiger partial charge on any atom is -0.382 e. The van der Waals surface area contributed by atoms with Crippen LogP contribution in [-0.2, 0) is 9.47 Å². The number of rotatable bonds is 11. The first-order valence-electron chi connectivity index (χ1n) is 13.3. The van der Waals surface area contributed by atoms with Gasteiger partial charge in [0.25, 0.3) is 11.8 Å². The van der Waals surface area contributed by atoms with Gasteiger partial charge in [0.15, 0.2) is 11.3 Å². The maximum Gasteiger partial charge on any atom is 0.318 e. The summed E-state index contributed by atoms with van der Waals surface area (Å²) in [7, 11) is 1.43. The van der Waals surface area contributed by atoms with Crippen LogP contribution in [0.4, 0.5) is 13.6 Å². The minimum absolute atomic E-state index is 0.0189. The number of carbonyl (C=O) groups is 2. The van der Waals surface area contributed by atoms with Gasteiger partial charge < -0.3 is 25.0 Å². The molecule has 6 rings (SSSR count). The number of nitrogens with one attached hydrogen (secondary N) is 2. The van der Waals surface area contributed by atoms with Gasteiger partial charge in [-0.2, -0.15) is 5.10 Å². The van der Waals surface area contributed by atoms with Crippen LogP contribution in [0.1, 0.15) is 78.0 Å². The standard InChI is InChI=1S/C25H30F2N8O5/c1-13(39-16-5-6-16)20(31-23(36)22-21(14-3-4-14)32-40-33-22)17-9-35-19(30-17)7-15(8-29-35)18(10-38-2)34-12-25(26,27)11-28-24(34)37/h7-9,13-14,16,18,20H,3-6,10-12H2,1-2H3,(H,28,37)(H,31,36)/t13-,18-,20+/m1/s1. The first kappa shape index (κ1) is 26.5. The lowest BCUT2D eigenvalue weighted by Crippen LogP contribution is -2.58. The molecule has 214 valence electrons. The Labute approximate surface area is 227 Å². The summed E-state index contributed by atoms with van der Waals surface area (Å²) in [5, 5.41) is 17.4. The second-order valence-electron chi connectivity index (χ2n) is 10.6. The highest BCUT2D eigenvalue weighted by atomic mass is 19.3. The van der Waals surface area contributed by atoms with Crippen molar-refractivity contribution in [3.05, 3.63) is 41.1 Å². The minimum atomic E-state index is -3.08. The summed E-state index contributed by atoms with van der Waals surface area (Å²) < 4.78 is 46.0. The van der Waals surface area contributed by atoms with Gasteiger partial charge in [-0.15, -0.1) is 0 Å². The summed E-state index contributed by atoms with van der Waals surface area (Å²) in [6, 6.07) is -0.415. The number of urea groups is 1. The number of amides is 3. The molecule has 0 spiro atoms. The van der Waals surface area contributed by atoms with Crippen molar-refractivity contribution in [3.63, 3.8) is 0 Å². The quantitative estimate of drug-likeness (QED) is 0.360. The van der Waals surface area contributed by atoms with E-state index in [-0.39, 0.29) is 24.3 Å². The zero-order chi connectivity index (χ0) is 28.0. The van der Waals surface area contributed by atoms with Crippen molar-refractivity contribution < 1.29 is 32.5 Å². The Bertz CT molecular complexity index is 1400. The third kappa shape index (κ3) is 5.47. The number of carbonyl (C=O) groups excluding carboxylic acids is 2. The molecule has 3 aromatic heterocycles. The molecule has 40 heavy (non-hydrogen) atoms. The van der Waals surface area contributed by atoms with Crippen LogP contribution in [0.2, 0.25) is 0 Å². The third-order valence-corrected chi connectivity index (χ3v) is 7.31. The smallest absolute Gasteiger partial charge is 0.318 e. The van der Waals surface area contributed by atoms with Gasteiger partial charge in [-0.3, -0.25) is 4.79 Å². The average molecular weight is 561 g/mol. The van der Waals surface area contributed by atoms with Crippen LogP contribution in [-0.4, -0.2) is 86.7 Å². The molecule has 0 aromatic carbocycles. The van der Waals surface area contributed by atoms with E-state index in [9.17, 15) is 18.4 Å². The highest BCUT2D eigenvalue weighted by molar-refractivity contribution is 5.93. The molecule has 15 heteroatoms. The molecule has 3 aromatic rings. The van der Waals surface area contributed by atoms with Crippen LogP contribution in [0.25, 0.3) is 5.65 Å². The van der Waals surface area contributed by atoms with Gasteiger partial charge >= 0.3 is 6.03 Å². The lowest BCUT2D eigenvalue weighted by atomic mass is 10.1. The van der Waals surface area contributed by atoms with Gasteiger partial charge in [0.1, 0.15) is 5.69 Å². The third-order valence-electron chi connectivity index (χ3n) is 7.31. The number of fused-ring (bicyclic) bond motifs is 1. The molecular weight excluding hydrogens is 530 g/mol. The van der Waals surface area contributed by atoms with Crippen molar-refractivity contribution in [2.45, 2.75) is 68.7 Å². The van der Waals surface area contributed by atoms with Crippen molar-refractivity contribution in [3.8, 4) is 0 Å². The van der Waals surface area contributed by atoms with Gasteiger partial charge in [-0.1, -0.05) is 5.16 Å². The monoisotopic (exact) mass is 560 g/mol. The van der Waals surface area contributed by atoms with Crippen LogP contribution >= 0.6 is 0 Å². The molecule has 3 fully saturated rings. The molecule has 0 bridgehead atoms. The van der Waals surface area contributed by atoms with Crippen molar-refractivity contribution in [1.29, 1.82) is 0 Å². The Morgan fingerprint density at radius 2 is 2.10 bits per heavy atom. The van der Waals surface area contributed by atoms with E-state index in [0.29, 0.717) is 22.6 Å². The second kappa shape index (κ2) is 10.4. The Hall–Kier alpha value is -3.72. The van der Waals surface area contributed by atoms with Crippen LogP contribution in [0, 0.1) is 0 Å². The highest BCUT2D eigenvalue weighted by Crippen LogP contribution is 2.40. The van der Waals surface area contributed by atoms with Crippen molar-refractivity contribution >= 4 is 17.6 Å². The molecule has 13 nitrogen and oxygen atoms in total. The van der Waals surface area contributed by atoms with Crippen molar-refractivity contribution in [2.75, 3.05) is 26.8 Å². The molecular formula is C25H30F2N8O5. The number of imidazole rings is 1. The molecule has 0 radical (unpaired) electrons. The van der Waals surface area contributed by atoms with Crippen LogP contribution in [0.3, 0.4) is 0 Å². The number of alkyl halides is 2. The lowest BCUT2D eigenvalue weighted by Gasteiger charge is -2.38. The van der Waals surface area contributed by atoms with Crippen LogP contribution in [0.5, 0.6) is 0 Å². The normalized spacial score (nSPS) is 21.2. The SMILES string of the molecule is COC[C@H](c1cnn2cc([C@@H](NC(=O)c3nonc3C3CC3)[C@@H](C)OC3CC3)nc2c1)N1CC(F)(F)CNC1=O. The lowest BCUT2D eigenvalue weighted by molar-refractivity contribution is -0.0509. The topological polar surface area (TPSA) is 149 Å². The predicted octanol–water partition coefficient (Wildman–Crippen LogP) is 2.38.